The Morgan fingerprint density at radius 1 is 0.906 bits per heavy atom. The highest BCUT2D eigenvalue weighted by molar-refractivity contribution is 7.22. The zero-order chi connectivity index (χ0) is 22.5. The SMILES string of the molecule is COc1ccc(OC)c2sc(N(Cc3ccccc3)C(=O)COc3ccccc3C)nc12. The highest BCUT2D eigenvalue weighted by Gasteiger charge is 2.23. The van der Waals surface area contributed by atoms with Crippen molar-refractivity contribution in [2.24, 2.45) is 0 Å². The van der Waals surface area contributed by atoms with E-state index in [2.05, 4.69) is 0 Å². The molecule has 0 radical (unpaired) electrons. The lowest BCUT2D eigenvalue weighted by molar-refractivity contribution is -0.120. The van der Waals surface area contributed by atoms with Crippen LogP contribution in [0, 0.1) is 6.92 Å². The molecule has 0 atom stereocenters. The van der Waals surface area contributed by atoms with Gasteiger partial charge in [-0.2, -0.15) is 0 Å². The summed E-state index contributed by atoms with van der Waals surface area (Å²) in [6.45, 7) is 2.23. The summed E-state index contributed by atoms with van der Waals surface area (Å²) in [5, 5.41) is 0.560. The lowest BCUT2D eigenvalue weighted by Gasteiger charge is -2.20. The summed E-state index contributed by atoms with van der Waals surface area (Å²) in [5.74, 6) is 1.82. The fourth-order valence-corrected chi connectivity index (χ4v) is 4.44. The van der Waals surface area contributed by atoms with Crippen molar-refractivity contribution in [3.8, 4) is 17.2 Å². The molecule has 4 rings (SSSR count). The van der Waals surface area contributed by atoms with Gasteiger partial charge in [0.2, 0.25) is 0 Å². The van der Waals surface area contributed by atoms with E-state index in [1.165, 1.54) is 11.3 Å². The molecule has 164 valence electrons. The fraction of sp³-hybridized carbons (Fsp3) is 0.200. The van der Waals surface area contributed by atoms with Crippen LogP contribution in [0.15, 0.2) is 66.7 Å². The summed E-state index contributed by atoms with van der Waals surface area (Å²) in [6, 6.07) is 21.1. The highest BCUT2D eigenvalue weighted by atomic mass is 32.1. The average Bonchev–Trinajstić information content (AvgIpc) is 3.27. The zero-order valence-electron chi connectivity index (χ0n) is 18.2. The smallest absolute Gasteiger partial charge is 0.267 e. The van der Waals surface area contributed by atoms with Gasteiger partial charge in [-0.1, -0.05) is 59.9 Å². The molecule has 0 unspecified atom stereocenters. The maximum absolute atomic E-state index is 13.3. The average molecular weight is 449 g/mol. The fourth-order valence-electron chi connectivity index (χ4n) is 3.35. The number of aromatic nitrogens is 1. The number of para-hydroxylation sites is 1. The molecule has 0 aliphatic heterocycles. The molecule has 0 bridgehead atoms. The van der Waals surface area contributed by atoms with Gasteiger partial charge in [0.15, 0.2) is 11.7 Å². The second-order valence-electron chi connectivity index (χ2n) is 7.16. The van der Waals surface area contributed by atoms with E-state index in [0.29, 0.717) is 34.4 Å². The molecule has 0 saturated carbocycles. The predicted molar refractivity (Wildman–Crippen MR) is 127 cm³/mol. The van der Waals surface area contributed by atoms with Crippen molar-refractivity contribution in [2.45, 2.75) is 13.5 Å². The van der Waals surface area contributed by atoms with Gasteiger partial charge in [0.05, 0.1) is 20.8 Å². The van der Waals surface area contributed by atoms with Crippen molar-refractivity contribution in [1.29, 1.82) is 0 Å². The second-order valence-corrected chi connectivity index (χ2v) is 8.14. The molecule has 3 aromatic carbocycles. The molecule has 32 heavy (non-hydrogen) atoms. The first-order chi connectivity index (χ1) is 15.6. The molecule has 0 fully saturated rings. The highest BCUT2D eigenvalue weighted by Crippen LogP contribution is 2.40. The summed E-state index contributed by atoms with van der Waals surface area (Å²) in [7, 11) is 3.22. The van der Waals surface area contributed by atoms with E-state index in [1.807, 2.05) is 73.7 Å². The summed E-state index contributed by atoms with van der Waals surface area (Å²) in [6.07, 6.45) is 0. The van der Waals surface area contributed by atoms with Crippen molar-refractivity contribution < 1.29 is 19.0 Å². The first-order valence-corrected chi connectivity index (χ1v) is 11.0. The van der Waals surface area contributed by atoms with Crippen LogP contribution < -0.4 is 19.1 Å². The lowest BCUT2D eigenvalue weighted by atomic mass is 10.2. The second kappa shape index (κ2) is 9.70. The Morgan fingerprint density at radius 3 is 2.31 bits per heavy atom. The Hall–Kier alpha value is -3.58. The maximum atomic E-state index is 13.3. The van der Waals surface area contributed by atoms with Crippen LogP contribution in [-0.4, -0.2) is 31.7 Å². The maximum Gasteiger partial charge on any atom is 0.267 e. The van der Waals surface area contributed by atoms with Crippen molar-refractivity contribution in [1.82, 2.24) is 4.98 Å². The largest absolute Gasteiger partial charge is 0.495 e. The summed E-state index contributed by atoms with van der Waals surface area (Å²) in [4.78, 5) is 19.7. The molecule has 1 aromatic heterocycles. The number of thiazole rings is 1. The van der Waals surface area contributed by atoms with E-state index in [-0.39, 0.29) is 12.5 Å². The minimum atomic E-state index is -0.186. The molecule has 0 aliphatic carbocycles. The third-order valence-corrected chi connectivity index (χ3v) is 6.15. The van der Waals surface area contributed by atoms with Gasteiger partial charge in [0.25, 0.3) is 5.91 Å². The number of rotatable bonds is 8. The Kier molecular flexibility index (Phi) is 6.56. The molecule has 6 nitrogen and oxygen atoms in total. The van der Waals surface area contributed by atoms with E-state index < -0.39 is 0 Å². The Bertz CT molecular complexity index is 1180. The number of anilines is 1. The number of nitrogens with zero attached hydrogens (tertiary/aromatic N) is 2. The topological polar surface area (TPSA) is 60.9 Å². The number of aryl methyl sites for hydroxylation is 1. The van der Waals surface area contributed by atoms with Gasteiger partial charge in [0.1, 0.15) is 27.5 Å². The van der Waals surface area contributed by atoms with E-state index in [4.69, 9.17) is 19.2 Å². The standard InChI is InChI=1S/C25H24N2O4S/c1-17-9-7-8-12-19(17)31-16-22(28)27(15-18-10-5-4-6-11-18)25-26-23-20(29-2)13-14-21(30-3)24(23)32-25/h4-14H,15-16H2,1-3H3. The number of ether oxygens (including phenoxy) is 3. The third-order valence-electron chi connectivity index (χ3n) is 5.06. The van der Waals surface area contributed by atoms with Gasteiger partial charge >= 0.3 is 0 Å². The van der Waals surface area contributed by atoms with Gasteiger partial charge < -0.3 is 14.2 Å². The van der Waals surface area contributed by atoms with Crippen molar-refractivity contribution >= 4 is 32.6 Å². The number of fused-ring (bicyclic) bond motifs is 1. The monoisotopic (exact) mass is 448 g/mol. The molecule has 0 N–H and O–H groups in total. The van der Waals surface area contributed by atoms with Gasteiger partial charge in [-0.15, -0.1) is 0 Å². The molecule has 0 spiro atoms. The van der Waals surface area contributed by atoms with Crippen LogP contribution in [0.3, 0.4) is 0 Å². The Balaban J connectivity index is 1.69. The first-order valence-electron chi connectivity index (χ1n) is 10.1. The number of carbonyl (C=O) groups is 1. The first kappa shape index (κ1) is 21.6. The number of amides is 1. The molecule has 1 heterocycles. The Morgan fingerprint density at radius 2 is 1.59 bits per heavy atom. The minimum Gasteiger partial charge on any atom is -0.495 e. The van der Waals surface area contributed by atoms with Crippen LogP contribution >= 0.6 is 11.3 Å². The molecule has 1 amide bonds. The number of hydrogen-bond acceptors (Lipinski definition) is 6. The number of hydrogen-bond donors (Lipinski definition) is 0. The van der Waals surface area contributed by atoms with Crippen LogP contribution in [0.5, 0.6) is 17.2 Å². The molecule has 0 saturated heterocycles. The van der Waals surface area contributed by atoms with E-state index >= 15 is 0 Å². The van der Waals surface area contributed by atoms with Crippen LogP contribution in [0.1, 0.15) is 11.1 Å². The van der Waals surface area contributed by atoms with E-state index in [0.717, 1.165) is 15.8 Å². The van der Waals surface area contributed by atoms with Crippen LogP contribution in [0.2, 0.25) is 0 Å². The molecule has 7 heteroatoms. The summed E-state index contributed by atoms with van der Waals surface area (Å²) < 4.78 is 17.6. The minimum absolute atomic E-state index is 0.0954. The van der Waals surface area contributed by atoms with E-state index in [9.17, 15) is 4.79 Å². The molecule has 4 aromatic rings. The normalized spacial score (nSPS) is 10.7. The van der Waals surface area contributed by atoms with Gasteiger partial charge in [-0.05, 0) is 36.2 Å². The van der Waals surface area contributed by atoms with Crippen molar-refractivity contribution in [3.05, 3.63) is 77.9 Å². The van der Waals surface area contributed by atoms with Gasteiger partial charge in [0, 0.05) is 0 Å². The van der Waals surface area contributed by atoms with Gasteiger partial charge in [-0.3, -0.25) is 9.69 Å². The van der Waals surface area contributed by atoms with Crippen molar-refractivity contribution in [3.63, 3.8) is 0 Å². The van der Waals surface area contributed by atoms with Crippen LogP contribution in [0.25, 0.3) is 10.2 Å². The van der Waals surface area contributed by atoms with Crippen LogP contribution in [-0.2, 0) is 11.3 Å². The Labute approximate surface area is 191 Å². The molecular formula is C25H24N2O4S. The lowest BCUT2D eigenvalue weighted by Crippen LogP contribution is -2.34. The van der Waals surface area contributed by atoms with E-state index in [1.54, 1.807) is 19.1 Å². The van der Waals surface area contributed by atoms with Crippen LogP contribution in [0.4, 0.5) is 5.13 Å². The predicted octanol–water partition coefficient (Wildman–Crippen LogP) is 5.23. The number of benzene rings is 3. The molecule has 0 aliphatic rings. The number of carbonyl (C=O) groups excluding carboxylic acids is 1. The van der Waals surface area contributed by atoms with Crippen molar-refractivity contribution in [2.75, 3.05) is 25.7 Å². The summed E-state index contributed by atoms with van der Waals surface area (Å²) >= 11 is 1.39. The quantitative estimate of drug-likeness (QED) is 0.369. The summed E-state index contributed by atoms with van der Waals surface area (Å²) in [5.41, 5.74) is 2.64. The number of methoxy groups -OCH3 is 2. The molecular weight excluding hydrogens is 424 g/mol. The zero-order valence-corrected chi connectivity index (χ0v) is 19.0. The third kappa shape index (κ3) is 4.53. The van der Waals surface area contributed by atoms with Gasteiger partial charge in [-0.25, -0.2) is 4.98 Å².